The Morgan fingerprint density at radius 2 is 1.94 bits per heavy atom. The predicted octanol–water partition coefficient (Wildman–Crippen LogP) is 3.68. The lowest BCUT2D eigenvalue weighted by atomic mass is 9.75. The molecule has 2 aromatic carbocycles. The molecule has 0 spiro atoms. The Labute approximate surface area is 186 Å². The van der Waals surface area contributed by atoms with Crippen LogP contribution in [0.25, 0.3) is 0 Å². The summed E-state index contributed by atoms with van der Waals surface area (Å²) in [5, 5.41) is 0. The van der Waals surface area contributed by atoms with Crippen LogP contribution in [-0.4, -0.2) is 25.7 Å². The molecule has 5 rings (SSSR count). The van der Waals surface area contributed by atoms with Crippen molar-refractivity contribution in [1.82, 2.24) is 0 Å². The Morgan fingerprint density at radius 1 is 1.12 bits per heavy atom. The van der Waals surface area contributed by atoms with E-state index >= 15 is 0 Å². The topological polar surface area (TPSA) is 91.1 Å². The molecule has 1 aliphatic carbocycles. The van der Waals surface area contributed by atoms with Gasteiger partial charge in [-0.3, -0.25) is 9.69 Å². The normalized spacial score (nSPS) is 19.9. The van der Waals surface area contributed by atoms with Crippen molar-refractivity contribution in [2.24, 2.45) is 5.73 Å². The number of ketones is 1. The number of allylic oxidation sites excluding steroid dienone is 2. The van der Waals surface area contributed by atoms with E-state index in [-0.39, 0.29) is 24.0 Å². The maximum atomic E-state index is 13.3. The number of carbonyl (C=O) groups excluding carboxylic acids is 2. The largest absolute Gasteiger partial charge is 0.466 e. The number of methoxy groups -OCH3 is 1. The van der Waals surface area contributed by atoms with Crippen molar-refractivity contribution in [1.29, 1.82) is 0 Å². The Bertz CT molecular complexity index is 1200. The van der Waals surface area contributed by atoms with Gasteiger partial charge >= 0.3 is 5.97 Å². The lowest BCUT2D eigenvalue weighted by molar-refractivity contribution is -0.136. The van der Waals surface area contributed by atoms with E-state index in [1.807, 2.05) is 48.2 Å². The third-order valence-electron chi connectivity index (χ3n) is 6.19. The summed E-state index contributed by atoms with van der Waals surface area (Å²) in [7, 11) is 1.32. The first-order chi connectivity index (χ1) is 15.5. The molecule has 7 nitrogen and oxygen atoms in total. The zero-order valence-electron chi connectivity index (χ0n) is 18.0. The highest BCUT2D eigenvalue weighted by atomic mass is 16.7. The Kier molecular flexibility index (Phi) is 4.89. The van der Waals surface area contributed by atoms with E-state index in [9.17, 15) is 9.59 Å². The minimum Gasteiger partial charge on any atom is -0.466 e. The second kappa shape index (κ2) is 7.75. The van der Waals surface area contributed by atoms with Gasteiger partial charge in [-0.25, -0.2) is 4.79 Å². The highest BCUT2D eigenvalue weighted by Gasteiger charge is 2.43. The van der Waals surface area contributed by atoms with Crippen molar-refractivity contribution in [3.05, 3.63) is 76.3 Å². The summed E-state index contributed by atoms with van der Waals surface area (Å²) in [5.41, 5.74) is 11.0. The number of benzene rings is 2. The van der Waals surface area contributed by atoms with E-state index < -0.39 is 11.9 Å². The number of hydrogen-bond donors (Lipinski definition) is 1. The Morgan fingerprint density at radius 3 is 2.72 bits per heavy atom. The van der Waals surface area contributed by atoms with Gasteiger partial charge in [0.1, 0.15) is 5.82 Å². The van der Waals surface area contributed by atoms with E-state index in [4.69, 9.17) is 19.9 Å². The van der Waals surface area contributed by atoms with Crippen molar-refractivity contribution in [2.45, 2.75) is 32.1 Å². The number of fused-ring (bicyclic) bond motifs is 1. The zero-order valence-corrected chi connectivity index (χ0v) is 18.0. The van der Waals surface area contributed by atoms with Crippen LogP contribution in [0.1, 0.15) is 36.3 Å². The Hall–Kier alpha value is -3.74. The lowest BCUT2D eigenvalue weighted by Gasteiger charge is -2.40. The van der Waals surface area contributed by atoms with Crippen LogP contribution in [-0.2, 0) is 14.3 Å². The zero-order chi connectivity index (χ0) is 22.4. The number of ether oxygens (including phenoxy) is 3. The van der Waals surface area contributed by atoms with Crippen LogP contribution < -0.4 is 20.1 Å². The third-order valence-corrected chi connectivity index (χ3v) is 6.19. The highest BCUT2D eigenvalue weighted by Crippen LogP contribution is 2.48. The molecule has 0 saturated carbocycles. The number of aryl methyl sites for hydroxylation is 1. The molecule has 7 heteroatoms. The second-order valence-corrected chi connectivity index (χ2v) is 8.15. The molecule has 0 saturated heterocycles. The monoisotopic (exact) mass is 432 g/mol. The molecule has 0 amide bonds. The van der Waals surface area contributed by atoms with Crippen molar-refractivity contribution >= 4 is 17.4 Å². The van der Waals surface area contributed by atoms with Crippen LogP contribution in [0.15, 0.2) is 65.1 Å². The maximum Gasteiger partial charge on any atom is 0.338 e. The van der Waals surface area contributed by atoms with Crippen LogP contribution >= 0.6 is 0 Å². The smallest absolute Gasteiger partial charge is 0.338 e. The summed E-state index contributed by atoms with van der Waals surface area (Å²) < 4.78 is 16.1. The van der Waals surface area contributed by atoms with E-state index in [0.717, 1.165) is 28.9 Å². The average molecular weight is 432 g/mol. The molecule has 0 fully saturated rings. The number of esters is 1. The molecule has 1 atom stereocenters. The van der Waals surface area contributed by atoms with Gasteiger partial charge in [-0.15, -0.1) is 0 Å². The van der Waals surface area contributed by atoms with Gasteiger partial charge in [-0.2, -0.15) is 0 Å². The fraction of sp³-hybridized carbons (Fsp3) is 0.280. The van der Waals surface area contributed by atoms with Crippen molar-refractivity contribution in [2.75, 3.05) is 18.8 Å². The van der Waals surface area contributed by atoms with Gasteiger partial charge in [0.05, 0.1) is 18.6 Å². The number of nitrogens with two attached hydrogens (primary N) is 1. The minimum atomic E-state index is -0.638. The van der Waals surface area contributed by atoms with Crippen LogP contribution in [0.2, 0.25) is 0 Å². The molecule has 3 aliphatic rings. The first-order valence-corrected chi connectivity index (χ1v) is 10.6. The minimum absolute atomic E-state index is 0.0143. The maximum absolute atomic E-state index is 13.3. The number of rotatable bonds is 3. The molecule has 0 unspecified atom stereocenters. The van der Waals surface area contributed by atoms with Gasteiger partial charge in [0.25, 0.3) is 0 Å². The average Bonchev–Trinajstić information content (AvgIpc) is 3.26. The predicted molar refractivity (Wildman–Crippen MR) is 118 cm³/mol. The summed E-state index contributed by atoms with van der Waals surface area (Å²) in [6.45, 7) is 2.13. The molecule has 2 aliphatic heterocycles. The molecule has 164 valence electrons. The van der Waals surface area contributed by atoms with Crippen molar-refractivity contribution in [3.8, 4) is 11.5 Å². The van der Waals surface area contributed by atoms with Gasteiger partial charge in [-0.05, 0) is 55.2 Å². The number of hydrogen-bond acceptors (Lipinski definition) is 7. The summed E-state index contributed by atoms with van der Waals surface area (Å²) in [5.74, 6) is 0.302. The SMILES string of the molecule is COC(=O)C1=C(N)N(c2cccc(C)c2)C2=C(C(=O)CCC2)[C@@H]1c1ccc2c(c1)OCO2. The van der Waals surface area contributed by atoms with Gasteiger partial charge in [0.2, 0.25) is 6.79 Å². The van der Waals surface area contributed by atoms with Crippen LogP contribution in [0.5, 0.6) is 11.5 Å². The number of Topliss-reactive ketones (excluding diaryl/α,β-unsaturated/α-hetero) is 1. The summed E-state index contributed by atoms with van der Waals surface area (Å²) in [4.78, 5) is 28.2. The molecule has 2 heterocycles. The number of anilines is 1. The summed E-state index contributed by atoms with van der Waals surface area (Å²) in [6, 6.07) is 13.3. The first-order valence-electron chi connectivity index (χ1n) is 10.6. The van der Waals surface area contributed by atoms with Crippen LogP contribution in [0.3, 0.4) is 0 Å². The summed E-state index contributed by atoms with van der Waals surface area (Å²) >= 11 is 0. The van der Waals surface area contributed by atoms with Crippen LogP contribution in [0, 0.1) is 6.92 Å². The fourth-order valence-corrected chi connectivity index (χ4v) is 4.78. The quantitative estimate of drug-likeness (QED) is 0.740. The fourth-order valence-electron chi connectivity index (χ4n) is 4.78. The number of carbonyl (C=O) groups is 2. The molecule has 32 heavy (non-hydrogen) atoms. The summed E-state index contributed by atoms with van der Waals surface area (Å²) in [6.07, 6.45) is 1.84. The van der Waals surface area contributed by atoms with Crippen molar-refractivity contribution in [3.63, 3.8) is 0 Å². The Balaban J connectivity index is 1.76. The van der Waals surface area contributed by atoms with Gasteiger partial charge in [-0.1, -0.05) is 18.2 Å². The molecular weight excluding hydrogens is 408 g/mol. The molecule has 2 N–H and O–H groups in total. The van der Waals surface area contributed by atoms with Crippen LogP contribution in [0.4, 0.5) is 5.69 Å². The molecule has 2 aromatic rings. The molecular formula is C25H24N2O5. The van der Waals surface area contributed by atoms with E-state index in [1.165, 1.54) is 7.11 Å². The molecule has 0 bridgehead atoms. The standard InChI is InChI=1S/C25H24N2O5/c1-14-5-3-6-16(11-14)27-17-7-4-8-18(28)22(17)21(23(24(27)26)25(29)30-2)15-9-10-19-20(12-15)32-13-31-19/h3,5-6,9-12,21H,4,7-8,13,26H2,1-2H3/t21-/m0/s1. The first kappa shape index (κ1) is 20.2. The molecule has 0 aromatic heterocycles. The van der Waals surface area contributed by atoms with Gasteiger partial charge in [0.15, 0.2) is 17.3 Å². The number of nitrogens with zero attached hydrogens (tertiary/aromatic N) is 1. The molecule has 0 radical (unpaired) electrons. The third kappa shape index (κ3) is 3.12. The second-order valence-electron chi connectivity index (χ2n) is 8.15. The van der Waals surface area contributed by atoms with Crippen molar-refractivity contribution < 1.29 is 23.8 Å². The highest BCUT2D eigenvalue weighted by molar-refractivity contribution is 6.05. The lowest BCUT2D eigenvalue weighted by Crippen LogP contribution is -2.40. The van der Waals surface area contributed by atoms with Gasteiger partial charge in [0, 0.05) is 23.4 Å². The van der Waals surface area contributed by atoms with E-state index in [2.05, 4.69) is 0 Å². The van der Waals surface area contributed by atoms with E-state index in [0.29, 0.717) is 29.9 Å². The van der Waals surface area contributed by atoms with Gasteiger partial charge < -0.3 is 19.9 Å². The van der Waals surface area contributed by atoms with E-state index in [1.54, 1.807) is 6.07 Å².